The third-order valence-electron chi connectivity index (χ3n) is 2.26. The van der Waals surface area contributed by atoms with Crippen LogP contribution in [0.5, 0.6) is 0 Å². The largest absolute Gasteiger partial charge is 0.390 e. The molecule has 0 aliphatic rings. The first-order valence-electron chi connectivity index (χ1n) is 5.33. The topological polar surface area (TPSA) is 80.0 Å². The maximum Gasteiger partial charge on any atom is 0.246 e. The van der Waals surface area contributed by atoms with Gasteiger partial charge in [0.1, 0.15) is 23.9 Å². The van der Waals surface area contributed by atoms with Gasteiger partial charge < -0.3 is 10.4 Å². The highest BCUT2D eigenvalue weighted by molar-refractivity contribution is 5.90. The van der Waals surface area contributed by atoms with E-state index in [1.54, 1.807) is 0 Å². The maximum absolute atomic E-state index is 13.3. The first-order valence-corrected chi connectivity index (χ1v) is 5.33. The van der Waals surface area contributed by atoms with Gasteiger partial charge in [0.2, 0.25) is 5.91 Å². The monoisotopic (exact) mass is 268 g/mol. The molecule has 0 radical (unpaired) electrons. The zero-order valence-corrected chi connectivity index (χ0v) is 9.68. The number of hydrogen-bond donors (Lipinski definition) is 2. The van der Waals surface area contributed by atoms with Crippen LogP contribution in [-0.4, -0.2) is 26.0 Å². The number of aromatic nitrogens is 3. The molecule has 2 N–H and O–H groups in total. The average molecular weight is 268 g/mol. The Labute approximate surface area is 106 Å². The van der Waals surface area contributed by atoms with Crippen LogP contribution >= 0.6 is 0 Å². The van der Waals surface area contributed by atoms with Gasteiger partial charge in [-0.25, -0.2) is 13.5 Å². The molecule has 100 valence electrons. The third kappa shape index (κ3) is 3.32. The van der Waals surface area contributed by atoms with E-state index in [-0.39, 0.29) is 18.8 Å². The van der Waals surface area contributed by atoms with Gasteiger partial charge >= 0.3 is 0 Å². The summed E-state index contributed by atoms with van der Waals surface area (Å²) in [5, 5.41) is 18.2. The Morgan fingerprint density at radius 2 is 2.21 bits per heavy atom. The number of halogens is 2. The quantitative estimate of drug-likeness (QED) is 0.854. The molecule has 1 aromatic carbocycles. The van der Waals surface area contributed by atoms with Crippen molar-refractivity contribution in [3.05, 3.63) is 41.7 Å². The first kappa shape index (κ1) is 13.1. The molecule has 1 heterocycles. The smallest absolute Gasteiger partial charge is 0.246 e. The van der Waals surface area contributed by atoms with E-state index in [9.17, 15) is 13.6 Å². The number of carbonyl (C=O) groups is 1. The van der Waals surface area contributed by atoms with Crippen molar-refractivity contribution < 1.29 is 18.7 Å². The predicted octanol–water partition coefficient (Wildman–Crippen LogP) is 0.687. The Kier molecular flexibility index (Phi) is 3.81. The third-order valence-corrected chi connectivity index (χ3v) is 2.26. The van der Waals surface area contributed by atoms with Gasteiger partial charge in [0.25, 0.3) is 0 Å². The van der Waals surface area contributed by atoms with Crippen molar-refractivity contribution in [1.29, 1.82) is 0 Å². The van der Waals surface area contributed by atoms with Gasteiger partial charge in [-0.15, -0.1) is 5.10 Å². The van der Waals surface area contributed by atoms with E-state index in [0.717, 1.165) is 12.1 Å². The Balaban J connectivity index is 2.01. The zero-order valence-electron chi connectivity index (χ0n) is 9.68. The van der Waals surface area contributed by atoms with Gasteiger partial charge in [0.15, 0.2) is 0 Å². The molecule has 0 fully saturated rings. The molecular formula is C11H10F2N4O2. The molecule has 19 heavy (non-hydrogen) atoms. The van der Waals surface area contributed by atoms with E-state index in [4.69, 9.17) is 5.11 Å². The Morgan fingerprint density at radius 3 is 2.84 bits per heavy atom. The molecule has 6 nitrogen and oxygen atoms in total. The summed E-state index contributed by atoms with van der Waals surface area (Å²) in [6.07, 6.45) is 1.39. The summed E-state index contributed by atoms with van der Waals surface area (Å²) < 4.78 is 27.2. The maximum atomic E-state index is 13.3. The van der Waals surface area contributed by atoms with Crippen molar-refractivity contribution >= 4 is 11.6 Å². The molecule has 8 heteroatoms. The average Bonchev–Trinajstić information content (AvgIpc) is 2.80. The highest BCUT2D eigenvalue weighted by Gasteiger charge is 2.09. The van der Waals surface area contributed by atoms with Crippen LogP contribution < -0.4 is 5.32 Å². The number of rotatable bonds is 4. The van der Waals surface area contributed by atoms with Gasteiger partial charge in [-0.3, -0.25) is 4.79 Å². The van der Waals surface area contributed by atoms with Gasteiger partial charge in [-0.05, 0) is 12.1 Å². The van der Waals surface area contributed by atoms with Crippen LogP contribution in [0.15, 0.2) is 24.4 Å². The van der Waals surface area contributed by atoms with Crippen LogP contribution in [-0.2, 0) is 17.9 Å². The molecule has 0 aliphatic heterocycles. The second kappa shape index (κ2) is 5.53. The standard InChI is InChI=1S/C11H10F2N4O2/c12-7-1-2-10(9(13)3-7)14-11(19)5-17-4-8(6-18)15-16-17/h1-4,18H,5-6H2,(H,14,19). The summed E-state index contributed by atoms with van der Waals surface area (Å²) >= 11 is 0. The molecule has 2 aromatic rings. The fraction of sp³-hybridized carbons (Fsp3) is 0.182. The van der Waals surface area contributed by atoms with Gasteiger partial charge in [0, 0.05) is 6.07 Å². The highest BCUT2D eigenvalue weighted by Crippen LogP contribution is 2.14. The van der Waals surface area contributed by atoms with Crippen LogP contribution in [0.25, 0.3) is 0 Å². The number of aliphatic hydroxyl groups is 1. The number of hydrogen-bond acceptors (Lipinski definition) is 4. The number of carbonyl (C=O) groups excluding carboxylic acids is 1. The lowest BCUT2D eigenvalue weighted by Gasteiger charge is -2.06. The minimum absolute atomic E-state index is 0.117. The summed E-state index contributed by atoms with van der Waals surface area (Å²) in [4.78, 5) is 11.6. The van der Waals surface area contributed by atoms with E-state index in [0.29, 0.717) is 11.8 Å². The first-order chi connectivity index (χ1) is 9.08. The second-order valence-electron chi connectivity index (χ2n) is 3.74. The number of benzene rings is 1. The molecule has 0 saturated heterocycles. The van der Waals surface area contributed by atoms with Gasteiger partial charge in [-0.2, -0.15) is 0 Å². The summed E-state index contributed by atoms with van der Waals surface area (Å²) in [6.45, 7) is -0.474. The summed E-state index contributed by atoms with van der Waals surface area (Å²) in [5.41, 5.74) is 0.203. The predicted molar refractivity (Wildman–Crippen MR) is 60.9 cm³/mol. The van der Waals surface area contributed by atoms with Crippen LogP contribution in [0, 0.1) is 11.6 Å². The zero-order chi connectivity index (χ0) is 13.8. The lowest BCUT2D eigenvalue weighted by atomic mass is 10.3. The minimum atomic E-state index is -0.858. The van der Waals surface area contributed by atoms with Crippen LogP contribution in [0.1, 0.15) is 5.69 Å². The Hall–Kier alpha value is -2.35. The fourth-order valence-corrected chi connectivity index (χ4v) is 1.42. The molecule has 1 amide bonds. The Morgan fingerprint density at radius 1 is 1.42 bits per heavy atom. The molecule has 0 bridgehead atoms. The number of amides is 1. The van der Waals surface area contributed by atoms with Gasteiger partial charge in [0.05, 0.1) is 18.5 Å². The van der Waals surface area contributed by atoms with Crippen LogP contribution in [0.2, 0.25) is 0 Å². The Bertz CT molecular complexity index is 600. The lowest BCUT2D eigenvalue weighted by Crippen LogP contribution is -2.19. The number of nitrogens with one attached hydrogen (secondary N) is 1. The van der Waals surface area contributed by atoms with Crippen molar-refractivity contribution in [2.75, 3.05) is 5.32 Å². The second-order valence-corrected chi connectivity index (χ2v) is 3.74. The van der Waals surface area contributed by atoms with E-state index in [1.807, 2.05) is 0 Å². The lowest BCUT2D eigenvalue weighted by molar-refractivity contribution is -0.117. The van der Waals surface area contributed by atoms with E-state index in [1.165, 1.54) is 10.9 Å². The summed E-state index contributed by atoms with van der Waals surface area (Å²) in [7, 11) is 0. The van der Waals surface area contributed by atoms with Crippen molar-refractivity contribution in [3.63, 3.8) is 0 Å². The van der Waals surface area contributed by atoms with E-state index in [2.05, 4.69) is 15.6 Å². The summed E-state index contributed by atoms with van der Waals surface area (Å²) in [5.74, 6) is -2.12. The molecule has 0 aliphatic carbocycles. The molecule has 1 aromatic heterocycles. The van der Waals surface area contributed by atoms with Crippen LogP contribution in [0.4, 0.5) is 14.5 Å². The minimum Gasteiger partial charge on any atom is -0.390 e. The van der Waals surface area contributed by atoms with E-state index >= 15 is 0 Å². The van der Waals surface area contributed by atoms with Crippen molar-refractivity contribution in [1.82, 2.24) is 15.0 Å². The molecule has 0 spiro atoms. The van der Waals surface area contributed by atoms with Crippen molar-refractivity contribution in [2.24, 2.45) is 0 Å². The van der Waals surface area contributed by atoms with E-state index < -0.39 is 17.5 Å². The number of aliphatic hydroxyl groups excluding tert-OH is 1. The number of nitrogens with zero attached hydrogens (tertiary/aromatic N) is 3. The van der Waals surface area contributed by atoms with Crippen LogP contribution in [0.3, 0.4) is 0 Å². The fourth-order valence-electron chi connectivity index (χ4n) is 1.42. The normalized spacial score (nSPS) is 10.5. The summed E-state index contributed by atoms with van der Waals surface area (Å²) in [6, 6.07) is 2.84. The van der Waals surface area contributed by atoms with Gasteiger partial charge in [-0.1, -0.05) is 5.21 Å². The number of anilines is 1. The molecule has 0 unspecified atom stereocenters. The molecular weight excluding hydrogens is 258 g/mol. The van der Waals surface area contributed by atoms with Crippen molar-refractivity contribution in [2.45, 2.75) is 13.2 Å². The molecule has 0 atom stereocenters. The SMILES string of the molecule is O=C(Cn1cc(CO)nn1)Nc1ccc(F)cc1F. The highest BCUT2D eigenvalue weighted by atomic mass is 19.1. The molecule has 2 rings (SSSR count). The molecule has 0 saturated carbocycles. The van der Waals surface area contributed by atoms with Crippen molar-refractivity contribution in [3.8, 4) is 0 Å².